The highest BCUT2D eigenvalue weighted by Crippen LogP contribution is 2.45. The van der Waals surface area contributed by atoms with Gasteiger partial charge in [-0.1, -0.05) is 44.2 Å². The lowest BCUT2D eigenvalue weighted by atomic mass is 9.75. The summed E-state index contributed by atoms with van der Waals surface area (Å²) in [5, 5.41) is 0. The summed E-state index contributed by atoms with van der Waals surface area (Å²) in [6, 6.07) is 14.1. The highest BCUT2D eigenvalue weighted by atomic mass is 16.5. The second-order valence-corrected chi connectivity index (χ2v) is 9.56. The Hall–Kier alpha value is -2.89. The van der Waals surface area contributed by atoms with Crippen molar-refractivity contribution in [3.63, 3.8) is 0 Å². The summed E-state index contributed by atoms with van der Waals surface area (Å²) in [5.41, 5.74) is 1.49. The minimum Gasteiger partial charge on any atom is -0.481 e. The molecule has 1 atom stereocenters. The first-order valence-corrected chi connectivity index (χ1v) is 11.6. The van der Waals surface area contributed by atoms with E-state index in [0.29, 0.717) is 30.5 Å². The summed E-state index contributed by atoms with van der Waals surface area (Å²) < 4.78 is 5.08. The number of likely N-dealkylation sites (tertiary alicyclic amines) is 2. The zero-order valence-corrected chi connectivity index (χ0v) is 19.3. The van der Waals surface area contributed by atoms with Crippen LogP contribution in [0.4, 0.5) is 0 Å². The predicted octanol–water partition coefficient (Wildman–Crippen LogP) is 3.81. The lowest BCUT2D eigenvalue weighted by Gasteiger charge is -2.38. The van der Waals surface area contributed by atoms with Crippen molar-refractivity contribution < 1.29 is 14.3 Å². The van der Waals surface area contributed by atoms with Crippen LogP contribution in [0.5, 0.6) is 5.88 Å². The van der Waals surface area contributed by atoms with Gasteiger partial charge in [-0.15, -0.1) is 0 Å². The summed E-state index contributed by atoms with van der Waals surface area (Å²) in [6.07, 6.45) is 4.77. The molecule has 6 heteroatoms. The Balaban J connectivity index is 1.46. The van der Waals surface area contributed by atoms with Gasteiger partial charge in [0.2, 0.25) is 11.8 Å². The van der Waals surface area contributed by atoms with Crippen LogP contribution in [0.1, 0.15) is 49.0 Å². The van der Waals surface area contributed by atoms with Gasteiger partial charge in [0.05, 0.1) is 18.1 Å². The van der Waals surface area contributed by atoms with Gasteiger partial charge in [0.1, 0.15) is 0 Å². The van der Waals surface area contributed by atoms with Crippen LogP contribution in [0.2, 0.25) is 0 Å². The monoisotopic (exact) mass is 435 g/mol. The number of carbonyl (C=O) groups excluding carboxylic acids is 2. The molecule has 0 N–H and O–H groups in total. The van der Waals surface area contributed by atoms with E-state index < -0.39 is 0 Å². The molecule has 2 aliphatic rings. The zero-order chi connectivity index (χ0) is 22.7. The van der Waals surface area contributed by atoms with Gasteiger partial charge in [-0.3, -0.25) is 9.59 Å². The van der Waals surface area contributed by atoms with Gasteiger partial charge in [0.15, 0.2) is 0 Å². The second kappa shape index (κ2) is 9.31. The molecule has 2 fully saturated rings. The maximum absolute atomic E-state index is 13.6. The highest BCUT2D eigenvalue weighted by Gasteiger charge is 2.52. The molecule has 0 bridgehead atoms. The lowest BCUT2D eigenvalue weighted by molar-refractivity contribution is -0.139. The second-order valence-electron chi connectivity index (χ2n) is 9.56. The first-order valence-electron chi connectivity index (χ1n) is 11.6. The van der Waals surface area contributed by atoms with Crippen LogP contribution in [-0.4, -0.2) is 59.4 Å². The Labute approximate surface area is 190 Å². The Kier molecular flexibility index (Phi) is 6.49. The molecule has 0 radical (unpaired) electrons. The molecule has 1 spiro atoms. The van der Waals surface area contributed by atoms with Gasteiger partial charge in [-0.05, 0) is 43.2 Å². The quantitative estimate of drug-likeness (QED) is 0.692. The van der Waals surface area contributed by atoms with Gasteiger partial charge < -0.3 is 14.5 Å². The molecule has 0 unspecified atom stereocenters. The molecule has 0 saturated carbocycles. The lowest BCUT2D eigenvalue weighted by Crippen LogP contribution is -2.47. The maximum Gasteiger partial charge on any atom is 0.255 e. The first-order chi connectivity index (χ1) is 15.4. The van der Waals surface area contributed by atoms with Crippen molar-refractivity contribution in [2.24, 2.45) is 11.3 Å². The number of methoxy groups -OCH3 is 1. The molecule has 1 aromatic carbocycles. The molecule has 170 valence electrons. The number of benzene rings is 1. The molecule has 1 aromatic heterocycles. The molecular formula is C26H33N3O3. The standard InChI is InChI=1S/C26H33N3O3/c1-19(2)18-29-22(15-20-7-5-4-6-8-20)16-26(25(29)31)11-13-28(14-12-26)24(30)21-9-10-23(32-3)27-17-21/h4-10,17,19,22H,11-16,18H2,1-3H3/t22-/m0/s1. The van der Waals surface area contributed by atoms with Crippen LogP contribution in [0.3, 0.4) is 0 Å². The number of pyridine rings is 1. The molecular weight excluding hydrogens is 402 g/mol. The number of nitrogens with zero attached hydrogens (tertiary/aromatic N) is 3. The number of ether oxygens (including phenoxy) is 1. The summed E-state index contributed by atoms with van der Waals surface area (Å²) in [7, 11) is 1.56. The van der Waals surface area contributed by atoms with Crippen molar-refractivity contribution in [1.82, 2.24) is 14.8 Å². The average Bonchev–Trinajstić information content (AvgIpc) is 3.05. The van der Waals surface area contributed by atoms with E-state index in [2.05, 4.69) is 48.0 Å². The van der Waals surface area contributed by atoms with Crippen LogP contribution in [-0.2, 0) is 11.2 Å². The molecule has 0 aliphatic carbocycles. The van der Waals surface area contributed by atoms with Crippen LogP contribution < -0.4 is 4.74 Å². The number of hydrogen-bond acceptors (Lipinski definition) is 4. The van der Waals surface area contributed by atoms with Crippen molar-refractivity contribution in [1.29, 1.82) is 0 Å². The van der Waals surface area contributed by atoms with E-state index in [-0.39, 0.29) is 23.3 Å². The smallest absolute Gasteiger partial charge is 0.255 e. The van der Waals surface area contributed by atoms with Crippen molar-refractivity contribution in [3.8, 4) is 5.88 Å². The van der Waals surface area contributed by atoms with E-state index in [9.17, 15) is 9.59 Å². The zero-order valence-electron chi connectivity index (χ0n) is 19.3. The average molecular weight is 436 g/mol. The third kappa shape index (κ3) is 4.50. The summed E-state index contributed by atoms with van der Waals surface area (Å²) in [4.78, 5) is 34.7. The molecule has 4 rings (SSSR count). The highest BCUT2D eigenvalue weighted by molar-refractivity contribution is 5.94. The van der Waals surface area contributed by atoms with Crippen molar-refractivity contribution >= 4 is 11.8 Å². The SMILES string of the molecule is COc1ccc(C(=O)N2CCC3(CC2)C[C@H](Cc2ccccc2)N(CC(C)C)C3=O)cn1. The Morgan fingerprint density at radius 1 is 1.16 bits per heavy atom. The van der Waals surface area contributed by atoms with Gasteiger partial charge in [0, 0.05) is 37.9 Å². The van der Waals surface area contributed by atoms with Gasteiger partial charge in [0.25, 0.3) is 5.91 Å². The minimum absolute atomic E-state index is 0.0275. The van der Waals surface area contributed by atoms with Crippen LogP contribution >= 0.6 is 0 Å². The number of hydrogen-bond donors (Lipinski definition) is 0. The maximum atomic E-state index is 13.6. The predicted molar refractivity (Wildman–Crippen MR) is 123 cm³/mol. The van der Waals surface area contributed by atoms with Crippen LogP contribution in [0, 0.1) is 11.3 Å². The number of aromatic nitrogens is 1. The van der Waals surface area contributed by atoms with Crippen molar-refractivity contribution in [3.05, 3.63) is 59.8 Å². The normalized spacial score (nSPS) is 20.2. The summed E-state index contributed by atoms with van der Waals surface area (Å²) in [5.74, 6) is 1.17. The fraction of sp³-hybridized carbons (Fsp3) is 0.500. The number of rotatable bonds is 6. The number of amides is 2. The number of piperidine rings is 1. The van der Waals surface area contributed by atoms with Crippen LogP contribution in [0.25, 0.3) is 0 Å². The fourth-order valence-electron chi connectivity index (χ4n) is 5.18. The number of carbonyl (C=O) groups is 2. The van der Waals surface area contributed by atoms with Gasteiger partial charge >= 0.3 is 0 Å². The van der Waals surface area contributed by atoms with E-state index in [1.54, 1.807) is 25.4 Å². The van der Waals surface area contributed by atoms with E-state index in [1.165, 1.54) is 5.56 Å². The topological polar surface area (TPSA) is 62.7 Å². The Morgan fingerprint density at radius 2 is 1.88 bits per heavy atom. The molecule has 2 aliphatic heterocycles. The van der Waals surface area contributed by atoms with Gasteiger partial charge in [-0.25, -0.2) is 4.98 Å². The van der Waals surface area contributed by atoms with E-state index in [0.717, 1.165) is 32.2 Å². The Morgan fingerprint density at radius 3 is 2.47 bits per heavy atom. The molecule has 2 aromatic rings. The third-order valence-corrected chi connectivity index (χ3v) is 6.86. The molecule has 32 heavy (non-hydrogen) atoms. The van der Waals surface area contributed by atoms with Gasteiger partial charge in [-0.2, -0.15) is 0 Å². The summed E-state index contributed by atoms with van der Waals surface area (Å²) >= 11 is 0. The van der Waals surface area contributed by atoms with Crippen molar-refractivity contribution in [2.75, 3.05) is 26.7 Å². The van der Waals surface area contributed by atoms with E-state index >= 15 is 0 Å². The minimum atomic E-state index is -0.344. The molecule has 3 heterocycles. The van der Waals surface area contributed by atoms with Crippen molar-refractivity contribution in [2.45, 2.75) is 45.6 Å². The van der Waals surface area contributed by atoms with Crippen LogP contribution in [0.15, 0.2) is 48.7 Å². The van der Waals surface area contributed by atoms with E-state index in [1.807, 2.05) is 11.0 Å². The largest absolute Gasteiger partial charge is 0.481 e. The molecule has 6 nitrogen and oxygen atoms in total. The third-order valence-electron chi connectivity index (χ3n) is 6.86. The Bertz CT molecular complexity index is 935. The molecule has 2 amide bonds. The first kappa shape index (κ1) is 22.3. The molecule has 2 saturated heterocycles. The summed E-state index contributed by atoms with van der Waals surface area (Å²) in [6.45, 7) is 6.33. The van der Waals surface area contributed by atoms with E-state index in [4.69, 9.17) is 4.74 Å². The fourth-order valence-corrected chi connectivity index (χ4v) is 5.18.